The van der Waals surface area contributed by atoms with E-state index in [0.717, 1.165) is 13.0 Å². The van der Waals surface area contributed by atoms with Gasteiger partial charge in [-0.3, -0.25) is 0 Å². The van der Waals surface area contributed by atoms with Crippen LogP contribution in [0.15, 0.2) is 0 Å². The predicted octanol–water partition coefficient (Wildman–Crippen LogP) is 1.92. The van der Waals surface area contributed by atoms with Crippen LogP contribution >= 0.6 is 11.6 Å². The van der Waals surface area contributed by atoms with Gasteiger partial charge in [-0.15, -0.1) is 0 Å². The van der Waals surface area contributed by atoms with E-state index in [9.17, 15) is 0 Å². The SMILES string of the molecule is CCCNc1nc(Cl)nc(NC2CC2)n1. The zero-order valence-corrected chi connectivity index (χ0v) is 9.38. The quantitative estimate of drug-likeness (QED) is 0.805. The van der Waals surface area contributed by atoms with Gasteiger partial charge in [0.05, 0.1) is 0 Å². The highest BCUT2D eigenvalue weighted by Crippen LogP contribution is 2.23. The van der Waals surface area contributed by atoms with E-state index in [1.54, 1.807) is 0 Å². The number of nitrogens with zero attached hydrogens (tertiary/aromatic N) is 3. The molecule has 2 rings (SSSR count). The van der Waals surface area contributed by atoms with Gasteiger partial charge >= 0.3 is 0 Å². The van der Waals surface area contributed by atoms with Crippen molar-refractivity contribution in [2.24, 2.45) is 0 Å². The molecule has 1 heterocycles. The van der Waals surface area contributed by atoms with E-state index >= 15 is 0 Å². The zero-order chi connectivity index (χ0) is 10.7. The molecule has 15 heavy (non-hydrogen) atoms. The second kappa shape index (κ2) is 4.61. The Labute approximate surface area is 93.7 Å². The molecule has 1 aromatic rings. The second-order valence-electron chi connectivity index (χ2n) is 3.60. The summed E-state index contributed by atoms with van der Waals surface area (Å²) in [5.41, 5.74) is 0. The van der Waals surface area contributed by atoms with Crippen molar-refractivity contribution in [2.75, 3.05) is 17.2 Å². The Kier molecular flexibility index (Phi) is 3.20. The maximum Gasteiger partial charge on any atom is 0.229 e. The van der Waals surface area contributed by atoms with Gasteiger partial charge in [-0.2, -0.15) is 15.0 Å². The standard InChI is InChI=1S/C9H14ClN5/c1-2-5-11-8-13-7(10)14-9(15-8)12-6-3-4-6/h6H,2-5H2,1H3,(H2,11,12,13,14,15). The summed E-state index contributed by atoms with van der Waals surface area (Å²) >= 11 is 5.79. The van der Waals surface area contributed by atoms with E-state index < -0.39 is 0 Å². The Morgan fingerprint density at radius 3 is 2.67 bits per heavy atom. The van der Waals surface area contributed by atoms with Crippen molar-refractivity contribution in [1.29, 1.82) is 0 Å². The lowest BCUT2D eigenvalue weighted by atomic mass is 10.5. The fourth-order valence-electron chi connectivity index (χ4n) is 1.14. The normalized spacial score (nSPS) is 15.1. The lowest BCUT2D eigenvalue weighted by Crippen LogP contribution is -2.10. The molecule has 0 aliphatic heterocycles. The summed E-state index contributed by atoms with van der Waals surface area (Å²) in [5, 5.41) is 6.50. The van der Waals surface area contributed by atoms with Crippen LogP contribution < -0.4 is 10.6 Å². The molecular weight excluding hydrogens is 214 g/mol. The maximum atomic E-state index is 5.79. The summed E-state index contributed by atoms with van der Waals surface area (Å²) in [6.45, 7) is 2.92. The van der Waals surface area contributed by atoms with E-state index in [0.29, 0.717) is 17.9 Å². The number of aromatic nitrogens is 3. The Morgan fingerprint density at radius 2 is 2.00 bits per heavy atom. The summed E-state index contributed by atoms with van der Waals surface area (Å²) in [7, 11) is 0. The molecule has 6 heteroatoms. The number of hydrogen-bond acceptors (Lipinski definition) is 5. The number of anilines is 2. The highest BCUT2D eigenvalue weighted by molar-refractivity contribution is 6.28. The zero-order valence-electron chi connectivity index (χ0n) is 8.63. The Hall–Kier alpha value is -1.10. The molecule has 0 spiro atoms. The van der Waals surface area contributed by atoms with Crippen LogP contribution in [-0.2, 0) is 0 Å². The summed E-state index contributed by atoms with van der Waals surface area (Å²) in [6.07, 6.45) is 3.39. The van der Waals surface area contributed by atoms with Crippen molar-refractivity contribution in [3.63, 3.8) is 0 Å². The monoisotopic (exact) mass is 227 g/mol. The van der Waals surface area contributed by atoms with E-state index in [1.807, 2.05) is 0 Å². The van der Waals surface area contributed by atoms with Gasteiger partial charge in [0.2, 0.25) is 17.2 Å². The minimum Gasteiger partial charge on any atom is -0.354 e. The topological polar surface area (TPSA) is 62.7 Å². The molecule has 1 aromatic heterocycles. The highest BCUT2D eigenvalue weighted by atomic mass is 35.5. The van der Waals surface area contributed by atoms with Crippen molar-refractivity contribution in [1.82, 2.24) is 15.0 Å². The first-order valence-electron chi connectivity index (χ1n) is 5.20. The van der Waals surface area contributed by atoms with Crippen LogP contribution in [0.2, 0.25) is 5.28 Å². The van der Waals surface area contributed by atoms with Gasteiger partial charge in [0.25, 0.3) is 0 Å². The van der Waals surface area contributed by atoms with Crippen LogP contribution in [0.25, 0.3) is 0 Å². The maximum absolute atomic E-state index is 5.79. The molecule has 1 aliphatic rings. The fourth-order valence-corrected chi connectivity index (χ4v) is 1.30. The van der Waals surface area contributed by atoms with Gasteiger partial charge < -0.3 is 10.6 Å². The van der Waals surface area contributed by atoms with Crippen molar-refractivity contribution < 1.29 is 0 Å². The van der Waals surface area contributed by atoms with Crippen molar-refractivity contribution >= 4 is 23.5 Å². The summed E-state index contributed by atoms with van der Waals surface area (Å²) < 4.78 is 0. The molecule has 5 nitrogen and oxygen atoms in total. The second-order valence-corrected chi connectivity index (χ2v) is 3.94. The van der Waals surface area contributed by atoms with Crippen molar-refractivity contribution in [2.45, 2.75) is 32.2 Å². The molecule has 0 aromatic carbocycles. The largest absolute Gasteiger partial charge is 0.354 e. The van der Waals surface area contributed by atoms with Gasteiger partial charge in [-0.1, -0.05) is 6.92 Å². The van der Waals surface area contributed by atoms with E-state index in [2.05, 4.69) is 32.5 Å². The number of nitrogens with one attached hydrogen (secondary N) is 2. The van der Waals surface area contributed by atoms with Crippen molar-refractivity contribution in [3.8, 4) is 0 Å². The molecule has 0 saturated heterocycles. The third-order valence-electron chi connectivity index (χ3n) is 2.05. The molecule has 0 unspecified atom stereocenters. The predicted molar refractivity (Wildman–Crippen MR) is 60.3 cm³/mol. The number of hydrogen-bond donors (Lipinski definition) is 2. The van der Waals surface area contributed by atoms with Crippen LogP contribution in [0.3, 0.4) is 0 Å². The van der Waals surface area contributed by atoms with Gasteiger partial charge in [-0.25, -0.2) is 0 Å². The molecule has 0 amide bonds. The number of halogens is 1. The van der Waals surface area contributed by atoms with Gasteiger partial charge in [-0.05, 0) is 30.9 Å². The Balaban J connectivity index is 2.05. The van der Waals surface area contributed by atoms with E-state index in [4.69, 9.17) is 11.6 Å². The average molecular weight is 228 g/mol. The summed E-state index contributed by atoms with van der Waals surface area (Å²) in [6, 6.07) is 0.516. The Morgan fingerprint density at radius 1 is 1.27 bits per heavy atom. The van der Waals surface area contributed by atoms with Crippen LogP contribution in [-0.4, -0.2) is 27.5 Å². The summed E-state index contributed by atoms with van der Waals surface area (Å²) in [4.78, 5) is 12.2. The summed E-state index contributed by atoms with van der Waals surface area (Å²) in [5.74, 6) is 1.11. The van der Waals surface area contributed by atoms with Gasteiger partial charge in [0, 0.05) is 12.6 Å². The minimum atomic E-state index is 0.228. The van der Waals surface area contributed by atoms with Gasteiger partial charge in [0.1, 0.15) is 0 Å². The molecule has 2 N–H and O–H groups in total. The van der Waals surface area contributed by atoms with Crippen LogP contribution in [0.4, 0.5) is 11.9 Å². The molecule has 1 aliphatic carbocycles. The third-order valence-corrected chi connectivity index (χ3v) is 2.22. The molecule has 0 atom stereocenters. The highest BCUT2D eigenvalue weighted by Gasteiger charge is 2.22. The molecule has 1 fully saturated rings. The fraction of sp³-hybridized carbons (Fsp3) is 0.667. The molecule has 1 saturated carbocycles. The van der Waals surface area contributed by atoms with Gasteiger partial charge in [0.15, 0.2) is 0 Å². The first kappa shape index (κ1) is 10.4. The molecular formula is C9H14ClN5. The smallest absolute Gasteiger partial charge is 0.229 e. The van der Waals surface area contributed by atoms with Crippen LogP contribution in [0, 0.1) is 0 Å². The molecule has 82 valence electrons. The average Bonchev–Trinajstić information content (AvgIpc) is 2.98. The lowest BCUT2D eigenvalue weighted by molar-refractivity contribution is 0.932. The van der Waals surface area contributed by atoms with E-state index in [1.165, 1.54) is 12.8 Å². The van der Waals surface area contributed by atoms with Crippen LogP contribution in [0.1, 0.15) is 26.2 Å². The van der Waals surface area contributed by atoms with Crippen molar-refractivity contribution in [3.05, 3.63) is 5.28 Å². The Bertz CT molecular complexity index is 339. The lowest BCUT2D eigenvalue weighted by Gasteiger charge is -2.06. The number of rotatable bonds is 5. The van der Waals surface area contributed by atoms with E-state index in [-0.39, 0.29) is 5.28 Å². The van der Waals surface area contributed by atoms with Crippen LogP contribution in [0.5, 0.6) is 0 Å². The minimum absolute atomic E-state index is 0.228. The molecule has 0 bridgehead atoms. The first-order chi connectivity index (χ1) is 7.28. The molecule has 0 radical (unpaired) electrons. The third kappa shape index (κ3) is 3.20. The first-order valence-corrected chi connectivity index (χ1v) is 5.57.